The van der Waals surface area contributed by atoms with Gasteiger partial charge in [-0.15, -0.1) is 0 Å². The summed E-state index contributed by atoms with van der Waals surface area (Å²) < 4.78 is 37.7. The summed E-state index contributed by atoms with van der Waals surface area (Å²) in [6, 6.07) is 7.97. The maximum absolute atomic E-state index is 12.4. The molecule has 6 nitrogen and oxygen atoms in total. The summed E-state index contributed by atoms with van der Waals surface area (Å²) >= 11 is 5.94. The van der Waals surface area contributed by atoms with E-state index in [4.69, 9.17) is 26.2 Å². The molecule has 168 valence electrons. The number of benzene rings is 1. The zero-order chi connectivity index (χ0) is 22.5. The molecule has 2 N–H and O–H groups in total. The first-order chi connectivity index (χ1) is 14.0. The highest BCUT2D eigenvalue weighted by Gasteiger charge is 2.44. The number of fused-ring (bicyclic) bond motifs is 2. The number of carboxylic acids is 1. The van der Waals surface area contributed by atoms with E-state index in [1.807, 2.05) is 12.1 Å². The molecule has 2 aliphatic rings. The van der Waals surface area contributed by atoms with Gasteiger partial charge in [0.25, 0.3) is 0 Å². The van der Waals surface area contributed by atoms with Crippen LogP contribution in [0.15, 0.2) is 24.3 Å². The highest BCUT2D eigenvalue weighted by molar-refractivity contribution is 6.30. The van der Waals surface area contributed by atoms with Crippen molar-refractivity contribution in [2.45, 2.75) is 45.2 Å². The number of aliphatic carboxylic acids is 1. The van der Waals surface area contributed by atoms with Gasteiger partial charge < -0.3 is 15.2 Å². The van der Waals surface area contributed by atoms with Gasteiger partial charge in [-0.05, 0) is 30.0 Å². The summed E-state index contributed by atoms with van der Waals surface area (Å²) in [7, 11) is 0. The second-order valence-corrected chi connectivity index (χ2v) is 8.34. The second-order valence-electron chi connectivity index (χ2n) is 7.90. The van der Waals surface area contributed by atoms with Gasteiger partial charge in [-0.25, -0.2) is 4.79 Å². The van der Waals surface area contributed by atoms with Gasteiger partial charge in [0.1, 0.15) is 0 Å². The van der Waals surface area contributed by atoms with Crippen molar-refractivity contribution >= 4 is 23.5 Å². The zero-order valence-corrected chi connectivity index (χ0v) is 17.5. The van der Waals surface area contributed by atoms with Crippen LogP contribution in [0.1, 0.15) is 25.8 Å². The Morgan fingerprint density at radius 3 is 2.40 bits per heavy atom. The lowest BCUT2D eigenvalue weighted by Gasteiger charge is -2.32. The van der Waals surface area contributed by atoms with Crippen LogP contribution in [-0.4, -0.2) is 59.9 Å². The number of morpholine rings is 1. The standard InChI is InChI=1S/C18H25ClN2O2.C2HF3O2/c1-12(2)8-20-18(22)16-7-15-10-21(11-17(16)23-15)9-13-3-5-14(19)6-4-13;3-2(4,5)1(6)7/h3-6,12,15-17H,7-11H2,1-2H3,(H,20,22);(H,6,7)/t15-,16+,17-;/m1./s1. The number of carbonyl (C=O) groups excluding carboxylic acids is 1. The molecular weight excluding hydrogens is 425 g/mol. The average Bonchev–Trinajstić information content (AvgIpc) is 2.95. The van der Waals surface area contributed by atoms with Crippen LogP contribution in [0.5, 0.6) is 0 Å². The molecular formula is C20H26ClF3N2O4. The molecule has 10 heteroatoms. The summed E-state index contributed by atoms with van der Waals surface area (Å²) in [5.41, 5.74) is 1.25. The van der Waals surface area contributed by atoms with Crippen LogP contribution in [-0.2, 0) is 20.9 Å². The Balaban J connectivity index is 0.000000396. The van der Waals surface area contributed by atoms with Crippen molar-refractivity contribution in [3.05, 3.63) is 34.9 Å². The Hall–Kier alpha value is -1.84. The van der Waals surface area contributed by atoms with Gasteiger partial charge in [0.05, 0.1) is 18.1 Å². The fourth-order valence-electron chi connectivity index (χ4n) is 3.43. The molecule has 0 aliphatic carbocycles. The molecule has 0 aromatic heterocycles. The minimum Gasteiger partial charge on any atom is -0.475 e. The van der Waals surface area contributed by atoms with Gasteiger partial charge in [0.15, 0.2) is 0 Å². The second kappa shape index (κ2) is 10.5. The largest absolute Gasteiger partial charge is 0.490 e. The number of nitrogens with one attached hydrogen (secondary N) is 1. The highest BCUT2D eigenvalue weighted by atomic mass is 35.5. The van der Waals surface area contributed by atoms with Crippen LogP contribution in [0, 0.1) is 11.8 Å². The smallest absolute Gasteiger partial charge is 0.475 e. The summed E-state index contributed by atoms with van der Waals surface area (Å²) in [6.07, 6.45) is -4.05. The van der Waals surface area contributed by atoms with Crippen molar-refractivity contribution < 1.29 is 32.6 Å². The number of carbonyl (C=O) groups is 2. The molecule has 2 aliphatic heterocycles. The molecule has 0 unspecified atom stereocenters. The van der Waals surface area contributed by atoms with E-state index in [2.05, 4.69) is 36.2 Å². The summed E-state index contributed by atoms with van der Waals surface area (Å²) in [5, 5.41) is 10.9. The van der Waals surface area contributed by atoms with E-state index in [1.54, 1.807) is 0 Å². The third-order valence-corrected chi connectivity index (χ3v) is 5.07. The van der Waals surface area contributed by atoms with E-state index in [0.717, 1.165) is 37.6 Å². The lowest BCUT2D eigenvalue weighted by molar-refractivity contribution is -0.192. The van der Waals surface area contributed by atoms with Crippen molar-refractivity contribution in [3.63, 3.8) is 0 Å². The van der Waals surface area contributed by atoms with E-state index in [-0.39, 0.29) is 24.0 Å². The number of rotatable bonds is 5. The normalized spacial score (nSPS) is 23.6. The van der Waals surface area contributed by atoms with Crippen LogP contribution in [0.3, 0.4) is 0 Å². The molecule has 3 rings (SSSR count). The molecule has 0 spiro atoms. The minimum atomic E-state index is -5.08. The van der Waals surface area contributed by atoms with Crippen molar-refractivity contribution in [2.75, 3.05) is 19.6 Å². The maximum Gasteiger partial charge on any atom is 0.490 e. The number of nitrogens with zero attached hydrogens (tertiary/aromatic N) is 1. The predicted octanol–water partition coefficient (Wildman–Crippen LogP) is 3.33. The number of hydrogen-bond donors (Lipinski definition) is 2. The molecule has 30 heavy (non-hydrogen) atoms. The Morgan fingerprint density at radius 2 is 1.87 bits per heavy atom. The summed E-state index contributed by atoms with van der Waals surface area (Å²) in [5.74, 6) is -2.14. The van der Waals surface area contributed by atoms with Gasteiger partial charge in [-0.2, -0.15) is 13.2 Å². The third kappa shape index (κ3) is 7.45. The number of carboxylic acid groups (broad SMARTS) is 1. The summed E-state index contributed by atoms with van der Waals surface area (Å²) in [6.45, 7) is 7.55. The van der Waals surface area contributed by atoms with E-state index in [1.165, 1.54) is 5.56 Å². The minimum absolute atomic E-state index is 0.00559. The summed E-state index contributed by atoms with van der Waals surface area (Å²) in [4.78, 5) is 23.7. The Labute approximate surface area is 178 Å². The van der Waals surface area contributed by atoms with E-state index < -0.39 is 12.1 Å². The lowest BCUT2D eigenvalue weighted by atomic mass is 9.99. The maximum atomic E-state index is 12.4. The van der Waals surface area contributed by atoms with Crippen molar-refractivity contribution in [1.29, 1.82) is 0 Å². The zero-order valence-electron chi connectivity index (χ0n) is 16.8. The van der Waals surface area contributed by atoms with Gasteiger partial charge in [0.2, 0.25) is 5.91 Å². The van der Waals surface area contributed by atoms with Gasteiger partial charge in [-0.1, -0.05) is 37.6 Å². The fraction of sp³-hybridized carbons (Fsp3) is 0.600. The lowest BCUT2D eigenvalue weighted by Crippen LogP contribution is -2.45. The number of alkyl halides is 3. The molecule has 2 fully saturated rings. The molecule has 3 atom stereocenters. The van der Waals surface area contributed by atoms with E-state index >= 15 is 0 Å². The SMILES string of the molecule is CC(C)CNC(=O)[C@H]1C[C@@H]2CN(Cc3ccc(Cl)cc3)C[C@H]1O2.O=C(O)C(F)(F)F. The first-order valence-electron chi connectivity index (χ1n) is 9.65. The van der Waals surface area contributed by atoms with Crippen LogP contribution < -0.4 is 5.32 Å². The molecule has 1 aromatic carbocycles. The number of hydrogen-bond acceptors (Lipinski definition) is 4. The van der Waals surface area contributed by atoms with Gasteiger partial charge >= 0.3 is 12.1 Å². The number of amides is 1. The Morgan fingerprint density at radius 1 is 1.27 bits per heavy atom. The topological polar surface area (TPSA) is 78.9 Å². The molecule has 1 aromatic rings. The quantitative estimate of drug-likeness (QED) is 0.719. The van der Waals surface area contributed by atoms with E-state index in [9.17, 15) is 18.0 Å². The Bertz CT molecular complexity index is 728. The monoisotopic (exact) mass is 450 g/mol. The molecule has 0 saturated carbocycles. The average molecular weight is 451 g/mol. The van der Waals surface area contributed by atoms with Crippen LogP contribution in [0.4, 0.5) is 13.2 Å². The molecule has 1 amide bonds. The number of halogens is 4. The Kier molecular flexibility index (Phi) is 8.52. The van der Waals surface area contributed by atoms with Crippen LogP contribution in [0.2, 0.25) is 5.02 Å². The molecule has 2 heterocycles. The molecule has 2 bridgehead atoms. The van der Waals surface area contributed by atoms with E-state index in [0.29, 0.717) is 5.92 Å². The first-order valence-corrected chi connectivity index (χ1v) is 10.0. The van der Waals surface area contributed by atoms with Gasteiger partial charge in [-0.3, -0.25) is 9.69 Å². The van der Waals surface area contributed by atoms with Crippen LogP contribution >= 0.6 is 11.6 Å². The first kappa shape index (κ1) is 24.4. The van der Waals surface area contributed by atoms with Crippen molar-refractivity contribution in [1.82, 2.24) is 10.2 Å². The number of ether oxygens (including phenoxy) is 1. The van der Waals surface area contributed by atoms with Crippen molar-refractivity contribution in [2.24, 2.45) is 11.8 Å². The number of likely N-dealkylation sites (tertiary alicyclic amines) is 1. The van der Waals surface area contributed by atoms with Crippen molar-refractivity contribution in [3.8, 4) is 0 Å². The highest BCUT2D eigenvalue weighted by Crippen LogP contribution is 2.32. The van der Waals surface area contributed by atoms with Crippen LogP contribution in [0.25, 0.3) is 0 Å². The predicted molar refractivity (Wildman–Crippen MR) is 105 cm³/mol. The van der Waals surface area contributed by atoms with Gasteiger partial charge in [0, 0.05) is 31.2 Å². The molecule has 2 saturated heterocycles. The fourth-order valence-corrected chi connectivity index (χ4v) is 3.55. The third-order valence-electron chi connectivity index (χ3n) is 4.82. The molecule has 0 radical (unpaired) electrons.